The lowest BCUT2D eigenvalue weighted by atomic mass is 10.2. The lowest BCUT2D eigenvalue weighted by Gasteiger charge is -2.06. The van der Waals surface area contributed by atoms with Crippen molar-refractivity contribution in [2.45, 2.75) is 0 Å². The molecule has 0 unspecified atom stereocenters. The summed E-state index contributed by atoms with van der Waals surface area (Å²) in [6, 6.07) is 2.36. The highest BCUT2D eigenvalue weighted by molar-refractivity contribution is 6.32. The Morgan fingerprint density at radius 1 is 1.62 bits per heavy atom. The second kappa shape index (κ2) is 3.62. The van der Waals surface area contributed by atoms with Crippen molar-refractivity contribution in [1.29, 1.82) is 5.41 Å². The first-order chi connectivity index (χ1) is 6.06. The quantitative estimate of drug-likeness (QED) is 0.567. The molecule has 5 heteroatoms. The van der Waals surface area contributed by atoms with Crippen LogP contribution in [0.15, 0.2) is 12.1 Å². The molecule has 0 amide bonds. The normalized spacial score (nSPS) is 9.77. The van der Waals surface area contributed by atoms with E-state index in [0.29, 0.717) is 5.75 Å². The minimum Gasteiger partial charge on any atom is -0.495 e. The predicted molar refractivity (Wildman–Crippen MR) is 49.0 cm³/mol. The summed E-state index contributed by atoms with van der Waals surface area (Å²) in [5, 5.41) is 7.22. The molecule has 70 valence electrons. The van der Waals surface area contributed by atoms with Crippen LogP contribution in [0.1, 0.15) is 5.56 Å². The van der Waals surface area contributed by atoms with Gasteiger partial charge in [0, 0.05) is 0 Å². The molecule has 3 N–H and O–H groups in total. The molecule has 1 aromatic carbocycles. The number of nitrogens with one attached hydrogen (secondary N) is 1. The highest BCUT2D eigenvalue weighted by atomic mass is 35.5. The predicted octanol–water partition coefficient (Wildman–Crippen LogP) is 1.77. The first kappa shape index (κ1) is 9.80. The van der Waals surface area contributed by atoms with Gasteiger partial charge in [-0.1, -0.05) is 11.6 Å². The Kier molecular flexibility index (Phi) is 2.72. The molecule has 0 aliphatic heterocycles. The summed E-state index contributed by atoms with van der Waals surface area (Å²) >= 11 is 5.63. The van der Waals surface area contributed by atoms with Gasteiger partial charge in [0.25, 0.3) is 0 Å². The Hall–Kier alpha value is -1.29. The molecule has 13 heavy (non-hydrogen) atoms. The van der Waals surface area contributed by atoms with Crippen molar-refractivity contribution in [3.05, 3.63) is 28.5 Å². The molecule has 0 heterocycles. The number of hydrogen-bond acceptors (Lipinski definition) is 2. The summed E-state index contributed by atoms with van der Waals surface area (Å²) in [6.07, 6.45) is 0. The van der Waals surface area contributed by atoms with Crippen LogP contribution >= 0.6 is 11.6 Å². The highest BCUT2D eigenvalue weighted by Gasteiger charge is 2.10. The zero-order chi connectivity index (χ0) is 10.0. The standard InChI is InChI=1S/C8H8ClFN2O/c1-13-7-2-4(8(11)12)6(10)3-5(7)9/h2-3H,1H3,(H3,11,12). The fraction of sp³-hybridized carbons (Fsp3) is 0.125. The van der Waals surface area contributed by atoms with Gasteiger partial charge in [0.05, 0.1) is 17.7 Å². The van der Waals surface area contributed by atoms with Crippen molar-refractivity contribution in [1.82, 2.24) is 0 Å². The van der Waals surface area contributed by atoms with Gasteiger partial charge in [-0.15, -0.1) is 0 Å². The molecule has 3 nitrogen and oxygen atoms in total. The van der Waals surface area contributed by atoms with E-state index in [1.807, 2.05) is 0 Å². The van der Waals surface area contributed by atoms with E-state index >= 15 is 0 Å². The maximum atomic E-state index is 13.1. The summed E-state index contributed by atoms with van der Waals surface area (Å²) in [6.45, 7) is 0. The van der Waals surface area contributed by atoms with Crippen LogP contribution in [0, 0.1) is 11.2 Å². The molecule has 0 saturated heterocycles. The van der Waals surface area contributed by atoms with Crippen molar-refractivity contribution < 1.29 is 9.13 Å². The van der Waals surface area contributed by atoms with Crippen LogP contribution in [-0.4, -0.2) is 12.9 Å². The first-order valence-electron chi connectivity index (χ1n) is 3.43. The summed E-state index contributed by atoms with van der Waals surface area (Å²) in [5.74, 6) is -0.681. The molecule has 0 atom stereocenters. The van der Waals surface area contributed by atoms with E-state index in [-0.39, 0.29) is 16.4 Å². The fourth-order valence-electron chi connectivity index (χ4n) is 0.892. The van der Waals surface area contributed by atoms with Gasteiger partial charge < -0.3 is 10.5 Å². The topological polar surface area (TPSA) is 59.1 Å². The molecule has 1 aromatic rings. The molecule has 0 aromatic heterocycles. The van der Waals surface area contributed by atoms with E-state index < -0.39 is 5.82 Å². The molecule has 0 saturated carbocycles. The van der Waals surface area contributed by atoms with Crippen LogP contribution in [0.5, 0.6) is 5.75 Å². The van der Waals surface area contributed by atoms with Crippen LogP contribution in [-0.2, 0) is 0 Å². The third-order valence-electron chi connectivity index (χ3n) is 1.53. The van der Waals surface area contributed by atoms with Gasteiger partial charge in [0.2, 0.25) is 0 Å². The second-order valence-corrected chi connectivity index (χ2v) is 2.79. The van der Waals surface area contributed by atoms with E-state index in [2.05, 4.69) is 0 Å². The van der Waals surface area contributed by atoms with Crippen molar-refractivity contribution in [3.63, 3.8) is 0 Å². The third-order valence-corrected chi connectivity index (χ3v) is 1.83. The largest absolute Gasteiger partial charge is 0.495 e. The van der Waals surface area contributed by atoms with Crippen molar-refractivity contribution in [2.75, 3.05) is 7.11 Å². The van der Waals surface area contributed by atoms with Crippen LogP contribution < -0.4 is 10.5 Å². The van der Waals surface area contributed by atoms with Gasteiger partial charge in [0.15, 0.2) is 0 Å². The summed E-state index contributed by atoms with van der Waals surface area (Å²) in [5.41, 5.74) is 5.12. The number of amidine groups is 1. The first-order valence-corrected chi connectivity index (χ1v) is 3.81. The molecule has 0 bridgehead atoms. The maximum Gasteiger partial charge on any atom is 0.138 e. The number of benzene rings is 1. The third kappa shape index (κ3) is 1.89. The molecule has 0 fully saturated rings. The number of rotatable bonds is 2. The van der Waals surface area contributed by atoms with E-state index in [9.17, 15) is 4.39 Å². The van der Waals surface area contributed by atoms with E-state index in [1.54, 1.807) is 0 Å². The Morgan fingerprint density at radius 2 is 2.23 bits per heavy atom. The lowest BCUT2D eigenvalue weighted by molar-refractivity contribution is 0.413. The fourth-order valence-corrected chi connectivity index (χ4v) is 1.12. The van der Waals surface area contributed by atoms with E-state index in [1.165, 1.54) is 13.2 Å². The highest BCUT2D eigenvalue weighted by Crippen LogP contribution is 2.26. The zero-order valence-electron chi connectivity index (χ0n) is 6.90. The average Bonchev–Trinajstić information content (AvgIpc) is 2.03. The van der Waals surface area contributed by atoms with E-state index in [0.717, 1.165) is 6.07 Å². The summed E-state index contributed by atoms with van der Waals surface area (Å²) in [4.78, 5) is 0. The Bertz CT molecular complexity index is 354. The van der Waals surface area contributed by atoms with Crippen molar-refractivity contribution >= 4 is 17.4 Å². The van der Waals surface area contributed by atoms with Crippen LogP contribution in [0.3, 0.4) is 0 Å². The molecule has 0 radical (unpaired) electrons. The number of nitrogens with two attached hydrogens (primary N) is 1. The van der Waals surface area contributed by atoms with Crippen molar-refractivity contribution in [3.8, 4) is 5.75 Å². The molecular weight excluding hydrogens is 195 g/mol. The SMILES string of the molecule is COc1cc(C(=N)N)c(F)cc1Cl. The summed E-state index contributed by atoms with van der Waals surface area (Å²) < 4.78 is 17.9. The van der Waals surface area contributed by atoms with Crippen molar-refractivity contribution in [2.24, 2.45) is 5.73 Å². The lowest BCUT2D eigenvalue weighted by Crippen LogP contribution is -2.13. The Morgan fingerprint density at radius 3 is 2.69 bits per heavy atom. The zero-order valence-corrected chi connectivity index (χ0v) is 7.65. The molecule has 0 spiro atoms. The number of methoxy groups -OCH3 is 1. The van der Waals surface area contributed by atoms with Crippen LogP contribution in [0.4, 0.5) is 4.39 Å². The molecular formula is C8H8ClFN2O. The van der Waals surface area contributed by atoms with Gasteiger partial charge in [-0.05, 0) is 12.1 Å². The average molecular weight is 203 g/mol. The Labute approximate surface area is 79.8 Å². The molecule has 1 rings (SSSR count). The minimum absolute atomic E-state index is 0.0127. The number of nitrogen functional groups attached to an aromatic ring is 1. The summed E-state index contributed by atoms with van der Waals surface area (Å²) in [7, 11) is 1.41. The van der Waals surface area contributed by atoms with Gasteiger partial charge in [-0.25, -0.2) is 4.39 Å². The number of hydrogen-bond donors (Lipinski definition) is 2. The van der Waals surface area contributed by atoms with Gasteiger partial charge in [0.1, 0.15) is 17.4 Å². The van der Waals surface area contributed by atoms with Gasteiger partial charge in [-0.3, -0.25) is 5.41 Å². The smallest absolute Gasteiger partial charge is 0.138 e. The minimum atomic E-state index is -0.627. The maximum absolute atomic E-state index is 13.1. The van der Waals surface area contributed by atoms with Crippen LogP contribution in [0.25, 0.3) is 0 Å². The second-order valence-electron chi connectivity index (χ2n) is 2.38. The van der Waals surface area contributed by atoms with E-state index in [4.69, 9.17) is 27.5 Å². The Balaban J connectivity index is 3.30. The number of halogens is 2. The van der Waals surface area contributed by atoms with Gasteiger partial charge in [-0.2, -0.15) is 0 Å². The van der Waals surface area contributed by atoms with Crippen LogP contribution in [0.2, 0.25) is 5.02 Å². The van der Waals surface area contributed by atoms with Gasteiger partial charge >= 0.3 is 0 Å². The monoisotopic (exact) mass is 202 g/mol. The molecule has 0 aliphatic carbocycles. The number of ether oxygens (including phenoxy) is 1. The molecule has 0 aliphatic rings.